The van der Waals surface area contributed by atoms with Gasteiger partial charge >= 0.3 is 0 Å². The van der Waals surface area contributed by atoms with Gasteiger partial charge in [0.2, 0.25) is 5.91 Å². The Morgan fingerprint density at radius 3 is 2.48 bits per heavy atom. The van der Waals surface area contributed by atoms with Gasteiger partial charge in [0.15, 0.2) is 0 Å². The fraction of sp³-hybridized carbons (Fsp3) is 0.273. The van der Waals surface area contributed by atoms with Gasteiger partial charge in [0.25, 0.3) is 0 Å². The zero-order valence-corrected chi connectivity index (χ0v) is 15.9. The van der Waals surface area contributed by atoms with Crippen LogP contribution in [0.2, 0.25) is 0 Å². The summed E-state index contributed by atoms with van der Waals surface area (Å²) in [7, 11) is 0. The topological polar surface area (TPSA) is 59.0 Å². The van der Waals surface area contributed by atoms with Crippen molar-refractivity contribution in [2.45, 2.75) is 26.8 Å². The van der Waals surface area contributed by atoms with Crippen LogP contribution in [-0.4, -0.2) is 28.8 Å². The number of hydrogen-bond acceptors (Lipinski definition) is 3. The summed E-state index contributed by atoms with van der Waals surface area (Å²) in [6.45, 7) is 5.89. The zero-order chi connectivity index (χ0) is 19.1. The molecule has 27 heavy (non-hydrogen) atoms. The number of para-hydroxylation sites is 1. The van der Waals surface area contributed by atoms with Crippen LogP contribution >= 0.6 is 0 Å². The summed E-state index contributed by atoms with van der Waals surface area (Å²) in [6.07, 6.45) is 2.98. The number of benzene rings is 2. The van der Waals surface area contributed by atoms with Crippen LogP contribution in [0.5, 0.6) is 0 Å². The van der Waals surface area contributed by atoms with Gasteiger partial charge in [-0.05, 0) is 32.0 Å². The number of aromatic nitrogens is 2. The minimum atomic E-state index is 0.0146. The van der Waals surface area contributed by atoms with E-state index in [9.17, 15) is 4.79 Å². The number of nitrogens with one attached hydrogen (secondary N) is 2. The maximum atomic E-state index is 10.9. The van der Waals surface area contributed by atoms with E-state index >= 15 is 0 Å². The highest BCUT2D eigenvalue weighted by Gasteiger charge is 2.12. The summed E-state index contributed by atoms with van der Waals surface area (Å²) >= 11 is 0. The van der Waals surface area contributed by atoms with Crippen molar-refractivity contribution < 1.29 is 4.79 Å². The van der Waals surface area contributed by atoms with E-state index in [2.05, 4.69) is 60.2 Å². The third-order valence-corrected chi connectivity index (χ3v) is 4.36. The predicted molar refractivity (Wildman–Crippen MR) is 109 cm³/mol. The first-order valence-corrected chi connectivity index (χ1v) is 9.29. The van der Waals surface area contributed by atoms with Gasteiger partial charge in [0, 0.05) is 37.3 Å². The van der Waals surface area contributed by atoms with Gasteiger partial charge in [0.1, 0.15) is 0 Å². The molecule has 5 heteroatoms. The lowest BCUT2D eigenvalue weighted by Crippen LogP contribution is -2.25. The van der Waals surface area contributed by atoms with Gasteiger partial charge in [-0.25, -0.2) is 4.68 Å². The molecule has 1 heterocycles. The molecular formula is C22H26N4O. The van der Waals surface area contributed by atoms with E-state index in [4.69, 9.17) is 5.10 Å². The molecule has 0 saturated heterocycles. The Labute approximate surface area is 160 Å². The third kappa shape index (κ3) is 5.28. The summed E-state index contributed by atoms with van der Waals surface area (Å²) in [5.74, 6) is 0.0146. The highest BCUT2D eigenvalue weighted by Crippen LogP contribution is 2.24. The molecule has 0 radical (unpaired) electrons. The van der Waals surface area contributed by atoms with Crippen LogP contribution in [0, 0.1) is 6.92 Å². The molecule has 0 unspecified atom stereocenters. The van der Waals surface area contributed by atoms with E-state index in [0.29, 0.717) is 6.54 Å². The fourth-order valence-electron chi connectivity index (χ4n) is 2.91. The van der Waals surface area contributed by atoms with E-state index in [1.807, 2.05) is 22.9 Å². The lowest BCUT2D eigenvalue weighted by molar-refractivity contribution is -0.118. The number of aryl methyl sites for hydroxylation is 1. The van der Waals surface area contributed by atoms with Crippen LogP contribution in [0.4, 0.5) is 0 Å². The minimum Gasteiger partial charge on any atom is -0.356 e. The van der Waals surface area contributed by atoms with Crippen molar-refractivity contribution >= 4 is 5.91 Å². The minimum absolute atomic E-state index is 0.0146. The van der Waals surface area contributed by atoms with Crippen molar-refractivity contribution in [1.29, 1.82) is 0 Å². The number of carbonyl (C=O) groups is 1. The monoisotopic (exact) mass is 362 g/mol. The maximum absolute atomic E-state index is 10.9. The standard InChI is InChI=1S/C22H26N4O/c1-17-9-11-19(12-10-17)22-20(15-23-13-6-14-24-18(2)27)16-26(25-22)21-7-4-3-5-8-21/h3-5,7-12,16,23H,6,13-15H2,1-2H3,(H,24,27). The SMILES string of the molecule is CC(=O)NCCCNCc1cn(-c2ccccc2)nc1-c1ccc(C)cc1. The van der Waals surface area contributed by atoms with Crippen LogP contribution in [0.15, 0.2) is 60.8 Å². The molecule has 140 valence electrons. The Bertz CT molecular complexity index is 869. The van der Waals surface area contributed by atoms with E-state index in [1.165, 1.54) is 5.56 Å². The molecule has 1 aromatic heterocycles. The molecular weight excluding hydrogens is 336 g/mol. The number of amides is 1. The molecule has 2 N–H and O–H groups in total. The zero-order valence-electron chi connectivity index (χ0n) is 15.9. The van der Waals surface area contributed by atoms with E-state index in [1.54, 1.807) is 6.92 Å². The fourth-order valence-corrected chi connectivity index (χ4v) is 2.91. The first kappa shape index (κ1) is 18.9. The van der Waals surface area contributed by atoms with Gasteiger partial charge in [0.05, 0.1) is 11.4 Å². The quantitative estimate of drug-likeness (QED) is 0.603. The summed E-state index contributed by atoms with van der Waals surface area (Å²) in [5.41, 5.74) is 5.54. The van der Waals surface area contributed by atoms with Gasteiger partial charge in [-0.15, -0.1) is 0 Å². The maximum Gasteiger partial charge on any atom is 0.216 e. The van der Waals surface area contributed by atoms with Gasteiger partial charge in [-0.3, -0.25) is 4.79 Å². The molecule has 0 saturated carbocycles. The third-order valence-electron chi connectivity index (χ3n) is 4.36. The highest BCUT2D eigenvalue weighted by molar-refractivity contribution is 5.72. The molecule has 3 aromatic rings. The summed E-state index contributed by atoms with van der Waals surface area (Å²) < 4.78 is 1.93. The number of nitrogens with zero attached hydrogens (tertiary/aromatic N) is 2. The first-order valence-electron chi connectivity index (χ1n) is 9.29. The molecule has 0 bridgehead atoms. The van der Waals surface area contributed by atoms with Crippen molar-refractivity contribution in [3.05, 3.63) is 71.9 Å². The first-order chi connectivity index (χ1) is 13.1. The van der Waals surface area contributed by atoms with Crippen molar-refractivity contribution in [2.24, 2.45) is 0 Å². The number of hydrogen-bond donors (Lipinski definition) is 2. The summed E-state index contributed by atoms with van der Waals surface area (Å²) in [4.78, 5) is 10.9. The molecule has 0 aliphatic carbocycles. The Morgan fingerprint density at radius 2 is 1.78 bits per heavy atom. The lowest BCUT2D eigenvalue weighted by Gasteiger charge is -2.06. The smallest absolute Gasteiger partial charge is 0.216 e. The van der Waals surface area contributed by atoms with E-state index in [0.717, 1.165) is 42.0 Å². The average molecular weight is 362 g/mol. The second-order valence-electron chi connectivity index (χ2n) is 6.66. The van der Waals surface area contributed by atoms with E-state index < -0.39 is 0 Å². The molecule has 0 fully saturated rings. The normalized spacial score (nSPS) is 10.7. The molecule has 3 rings (SSSR count). The van der Waals surface area contributed by atoms with Crippen LogP contribution in [-0.2, 0) is 11.3 Å². The van der Waals surface area contributed by atoms with Crippen molar-refractivity contribution in [2.75, 3.05) is 13.1 Å². The van der Waals surface area contributed by atoms with Gasteiger partial charge < -0.3 is 10.6 Å². The summed E-state index contributed by atoms with van der Waals surface area (Å²) in [6, 6.07) is 18.6. The average Bonchev–Trinajstić information content (AvgIpc) is 3.10. The lowest BCUT2D eigenvalue weighted by atomic mass is 10.1. The van der Waals surface area contributed by atoms with E-state index in [-0.39, 0.29) is 5.91 Å². The summed E-state index contributed by atoms with van der Waals surface area (Å²) in [5, 5.41) is 11.1. The molecule has 2 aromatic carbocycles. The van der Waals surface area contributed by atoms with Crippen LogP contribution in [0.25, 0.3) is 16.9 Å². The van der Waals surface area contributed by atoms with Crippen molar-refractivity contribution in [3.8, 4) is 16.9 Å². The molecule has 1 amide bonds. The van der Waals surface area contributed by atoms with Crippen molar-refractivity contribution in [3.63, 3.8) is 0 Å². The number of carbonyl (C=O) groups excluding carboxylic acids is 1. The van der Waals surface area contributed by atoms with Gasteiger partial charge in [-0.1, -0.05) is 48.0 Å². The van der Waals surface area contributed by atoms with Crippen molar-refractivity contribution in [1.82, 2.24) is 20.4 Å². The molecule has 0 spiro atoms. The Balaban J connectivity index is 1.75. The second kappa shape index (κ2) is 9.14. The molecule has 0 atom stereocenters. The molecule has 0 aliphatic rings. The molecule has 5 nitrogen and oxygen atoms in total. The largest absolute Gasteiger partial charge is 0.356 e. The Kier molecular flexibility index (Phi) is 6.39. The Hall–Kier alpha value is -2.92. The second-order valence-corrected chi connectivity index (χ2v) is 6.66. The predicted octanol–water partition coefficient (Wildman–Crippen LogP) is 3.46. The Morgan fingerprint density at radius 1 is 1.04 bits per heavy atom. The van der Waals surface area contributed by atoms with Crippen LogP contribution in [0.3, 0.4) is 0 Å². The van der Waals surface area contributed by atoms with Gasteiger partial charge in [-0.2, -0.15) is 5.10 Å². The van der Waals surface area contributed by atoms with Crippen LogP contribution < -0.4 is 10.6 Å². The number of rotatable bonds is 8. The molecule has 0 aliphatic heterocycles. The van der Waals surface area contributed by atoms with Crippen LogP contribution in [0.1, 0.15) is 24.5 Å². The highest BCUT2D eigenvalue weighted by atomic mass is 16.1.